The molecule has 1 fully saturated rings. The minimum absolute atomic E-state index is 0.0799. The number of carboxylic acid groups (broad SMARTS) is 1. The number of aryl methyl sites for hydroxylation is 1. The molecule has 6 nitrogen and oxygen atoms in total. The highest BCUT2D eigenvalue weighted by Crippen LogP contribution is 2.24. The number of aliphatic carboxylic acids is 1. The first-order chi connectivity index (χ1) is 8.58. The van der Waals surface area contributed by atoms with E-state index in [1.807, 2.05) is 23.4 Å². The van der Waals surface area contributed by atoms with Crippen molar-refractivity contribution in [3.8, 4) is 0 Å². The average Bonchev–Trinajstić information content (AvgIpc) is 2.93. The fourth-order valence-electron chi connectivity index (χ4n) is 2.53. The van der Waals surface area contributed by atoms with Gasteiger partial charge in [-0.05, 0) is 19.8 Å². The molecule has 1 N–H and O–H groups in total. The van der Waals surface area contributed by atoms with Crippen molar-refractivity contribution in [3.05, 3.63) is 11.6 Å². The van der Waals surface area contributed by atoms with Crippen LogP contribution in [0.25, 0.3) is 0 Å². The molecule has 0 aromatic carbocycles. The van der Waals surface area contributed by atoms with Gasteiger partial charge in [0.25, 0.3) is 0 Å². The molecule has 6 heteroatoms. The largest absolute Gasteiger partial charge is 0.480 e. The molecule has 0 aliphatic heterocycles. The molecule has 1 heterocycles. The topological polar surface area (TPSA) is 71.2 Å². The second kappa shape index (κ2) is 5.48. The molecule has 0 saturated heterocycles. The summed E-state index contributed by atoms with van der Waals surface area (Å²) in [6.45, 7) is 2.54. The van der Waals surface area contributed by atoms with Gasteiger partial charge >= 0.3 is 5.97 Å². The maximum atomic E-state index is 11.0. The first kappa shape index (κ1) is 13.0. The van der Waals surface area contributed by atoms with Gasteiger partial charge in [0, 0.05) is 13.1 Å². The number of aromatic nitrogens is 3. The molecule has 0 atom stereocenters. The van der Waals surface area contributed by atoms with Crippen LogP contribution in [0.2, 0.25) is 0 Å². The Balaban J connectivity index is 2.08. The van der Waals surface area contributed by atoms with Crippen LogP contribution in [0, 0.1) is 6.92 Å². The van der Waals surface area contributed by atoms with Crippen LogP contribution in [0.15, 0.2) is 0 Å². The molecule has 1 aliphatic carbocycles. The van der Waals surface area contributed by atoms with E-state index in [9.17, 15) is 4.79 Å². The second-order valence-electron chi connectivity index (χ2n) is 4.96. The number of hydrogen-bond donors (Lipinski definition) is 1. The summed E-state index contributed by atoms with van der Waals surface area (Å²) in [5.41, 5.74) is 0. The molecule has 1 saturated carbocycles. The third-order valence-electron chi connectivity index (χ3n) is 3.71. The Morgan fingerprint density at radius 1 is 1.44 bits per heavy atom. The zero-order valence-corrected chi connectivity index (χ0v) is 11.0. The molecule has 1 aliphatic rings. The van der Waals surface area contributed by atoms with Gasteiger partial charge in [-0.2, -0.15) is 0 Å². The molecule has 100 valence electrons. The van der Waals surface area contributed by atoms with E-state index >= 15 is 0 Å². The van der Waals surface area contributed by atoms with E-state index < -0.39 is 5.97 Å². The molecule has 1 aromatic heterocycles. The fraction of sp³-hybridized carbons (Fsp3) is 0.750. The number of carboxylic acids is 1. The Bertz CT molecular complexity index is 424. The van der Waals surface area contributed by atoms with Crippen LogP contribution in [0.4, 0.5) is 0 Å². The number of hydrogen-bond acceptors (Lipinski definition) is 4. The van der Waals surface area contributed by atoms with E-state index in [-0.39, 0.29) is 6.54 Å². The summed E-state index contributed by atoms with van der Waals surface area (Å²) in [6.07, 6.45) is 4.56. The van der Waals surface area contributed by atoms with E-state index in [1.54, 1.807) is 0 Å². The minimum atomic E-state index is -0.777. The monoisotopic (exact) mass is 252 g/mol. The zero-order valence-electron chi connectivity index (χ0n) is 11.0. The molecule has 2 rings (SSSR count). The Hall–Kier alpha value is -1.43. The highest BCUT2D eigenvalue weighted by molar-refractivity contribution is 5.69. The van der Waals surface area contributed by atoms with E-state index in [0.29, 0.717) is 12.6 Å². The predicted molar refractivity (Wildman–Crippen MR) is 66.0 cm³/mol. The van der Waals surface area contributed by atoms with Crippen molar-refractivity contribution in [1.82, 2.24) is 19.7 Å². The smallest absolute Gasteiger partial charge is 0.317 e. The maximum Gasteiger partial charge on any atom is 0.317 e. The molecule has 0 amide bonds. The first-order valence-electron chi connectivity index (χ1n) is 6.38. The summed E-state index contributed by atoms with van der Waals surface area (Å²) in [4.78, 5) is 13.0. The Labute approximate surface area is 107 Å². The minimum Gasteiger partial charge on any atom is -0.480 e. The lowest BCUT2D eigenvalue weighted by molar-refractivity contribution is -0.139. The Morgan fingerprint density at radius 3 is 2.61 bits per heavy atom. The molecule has 0 spiro atoms. The lowest BCUT2D eigenvalue weighted by Gasteiger charge is -2.26. The van der Waals surface area contributed by atoms with Crippen molar-refractivity contribution in [2.75, 3.05) is 6.54 Å². The summed E-state index contributed by atoms with van der Waals surface area (Å²) >= 11 is 0. The van der Waals surface area contributed by atoms with Crippen LogP contribution in [0.5, 0.6) is 0 Å². The maximum absolute atomic E-state index is 11.0. The molecule has 18 heavy (non-hydrogen) atoms. The van der Waals surface area contributed by atoms with Gasteiger partial charge in [0.15, 0.2) is 0 Å². The zero-order chi connectivity index (χ0) is 13.1. The molecule has 0 unspecified atom stereocenters. The van der Waals surface area contributed by atoms with Crippen molar-refractivity contribution in [2.45, 2.75) is 45.2 Å². The molecule has 0 radical (unpaired) electrons. The number of nitrogens with zero attached hydrogens (tertiary/aromatic N) is 4. The summed E-state index contributed by atoms with van der Waals surface area (Å²) < 4.78 is 1.92. The van der Waals surface area contributed by atoms with Crippen LogP contribution < -0.4 is 0 Å². The van der Waals surface area contributed by atoms with E-state index in [4.69, 9.17) is 5.11 Å². The number of carbonyl (C=O) groups is 1. The molecular formula is C12H20N4O2. The van der Waals surface area contributed by atoms with Crippen molar-refractivity contribution in [1.29, 1.82) is 0 Å². The fourth-order valence-corrected chi connectivity index (χ4v) is 2.53. The first-order valence-corrected chi connectivity index (χ1v) is 6.38. The Morgan fingerprint density at radius 2 is 2.11 bits per heavy atom. The van der Waals surface area contributed by atoms with Gasteiger partial charge < -0.3 is 9.67 Å². The molecule has 1 aromatic rings. The normalized spacial score (nSPS) is 16.6. The molecule has 0 bridgehead atoms. The van der Waals surface area contributed by atoms with Crippen molar-refractivity contribution < 1.29 is 9.90 Å². The summed E-state index contributed by atoms with van der Waals surface area (Å²) in [5, 5.41) is 17.1. The second-order valence-corrected chi connectivity index (χ2v) is 4.96. The van der Waals surface area contributed by atoms with Gasteiger partial charge in [0.2, 0.25) is 0 Å². The van der Waals surface area contributed by atoms with Crippen molar-refractivity contribution in [2.24, 2.45) is 7.05 Å². The number of rotatable bonds is 5. The highest BCUT2D eigenvalue weighted by Gasteiger charge is 2.25. The quantitative estimate of drug-likeness (QED) is 0.845. The van der Waals surface area contributed by atoms with Gasteiger partial charge in [-0.15, -0.1) is 10.2 Å². The SMILES string of the molecule is Cc1nnc(CN(CC(=O)O)C2CCCC2)n1C. The van der Waals surface area contributed by atoms with Gasteiger partial charge in [-0.1, -0.05) is 12.8 Å². The van der Waals surface area contributed by atoms with Gasteiger partial charge in [-0.3, -0.25) is 9.69 Å². The van der Waals surface area contributed by atoms with Crippen LogP contribution >= 0.6 is 0 Å². The van der Waals surface area contributed by atoms with E-state index in [2.05, 4.69) is 10.2 Å². The van der Waals surface area contributed by atoms with E-state index in [1.165, 1.54) is 12.8 Å². The van der Waals surface area contributed by atoms with Crippen LogP contribution in [-0.4, -0.2) is 43.3 Å². The average molecular weight is 252 g/mol. The summed E-state index contributed by atoms with van der Waals surface area (Å²) in [5.74, 6) is 0.910. The van der Waals surface area contributed by atoms with Crippen LogP contribution in [0.3, 0.4) is 0 Å². The lowest BCUT2D eigenvalue weighted by Crippen LogP contribution is -2.37. The van der Waals surface area contributed by atoms with Crippen molar-refractivity contribution >= 4 is 5.97 Å². The van der Waals surface area contributed by atoms with Crippen molar-refractivity contribution in [3.63, 3.8) is 0 Å². The third-order valence-corrected chi connectivity index (χ3v) is 3.71. The van der Waals surface area contributed by atoms with Crippen LogP contribution in [-0.2, 0) is 18.4 Å². The summed E-state index contributed by atoms with van der Waals surface area (Å²) in [7, 11) is 1.91. The standard InChI is InChI=1S/C12H20N4O2/c1-9-13-14-11(15(9)2)7-16(8-12(17)18)10-5-3-4-6-10/h10H,3-8H2,1-2H3,(H,17,18). The summed E-state index contributed by atoms with van der Waals surface area (Å²) in [6, 6.07) is 0.373. The Kier molecular flexibility index (Phi) is 3.96. The van der Waals surface area contributed by atoms with Gasteiger partial charge in [0.05, 0.1) is 13.1 Å². The van der Waals surface area contributed by atoms with Gasteiger partial charge in [0.1, 0.15) is 11.6 Å². The van der Waals surface area contributed by atoms with Crippen LogP contribution in [0.1, 0.15) is 37.3 Å². The predicted octanol–water partition coefficient (Wildman–Crippen LogP) is 0.953. The lowest BCUT2D eigenvalue weighted by atomic mass is 10.2. The van der Waals surface area contributed by atoms with E-state index in [0.717, 1.165) is 24.5 Å². The third kappa shape index (κ3) is 2.87. The van der Waals surface area contributed by atoms with Gasteiger partial charge in [-0.25, -0.2) is 0 Å². The highest BCUT2D eigenvalue weighted by atomic mass is 16.4. The molecular weight excluding hydrogens is 232 g/mol.